The van der Waals surface area contributed by atoms with Gasteiger partial charge in [-0.25, -0.2) is 0 Å². The van der Waals surface area contributed by atoms with Gasteiger partial charge in [0.15, 0.2) is 6.29 Å². The van der Waals surface area contributed by atoms with E-state index in [1.807, 2.05) is 27.7 Å². The first-order chi connectivity index (χ1) is 10.1. The minimum absolute atomic E-state index is 0.0370. The number of hydrogen-bond acceptors (Lipinski definition) is 2. The molecule has 0 heterocycles. The Bertz CT molecular complexity index is 195. The van der Waals surface area contributed by atoms with Gasteiger partial charge in [-0.05, 0) is 34.1 Å². The fraction of sp³-hybridized carbons (Fsp3) is 0.895. The van der Waals surface area contributed by atoms with Crippen LogP contribution >= 0.6 is 0 Å². The third kappa shape index (κ3) is 38.2. The average molecular weight is 301 g/mol. The first kappa shape index (κ1) is 25.4. The van der Waals surface area contributed by atoms with Gasteiger partial charge in [-0.3, -0.25) is 0 Å². The van der Waals surface area contributed by atoms with E-state index in [1.165, 1.54) is 38.5 Å². The molecular formula is C19H40O2. The molecule has 0 aromatic rings. The Hall–Kier alpha value is -0.520. The molecule has 2 nitrogen and oxygen atoms in total. The zero-order valence-electron chi connectivity index (χ0n) is 15.8. The lowest BCUT2D eigenvalue weighted by molar-refractivity contribution is -0.123. The summed E-state index contributed by atoms with van der Waals surface area (Å²) in [6.07, 6.45) is 9.02. The van der Waals surface area contributed by atoms with Crippen LogP contribution in [0.15, 0.2) is 0 Å². The van der Waals surface area contributed by atoms with Crippen LogP contribution in [-0.4, -0.2) is 19.5 Å². The van der Waals surface area contributed by atoms with E-state index in [1.54, 1.807) is 0 Å². The van der Waals surface area contributed by atoms with Crippen LogP contribution in [0, 0.1) is 11.8 Å². The van der Waals surface area contributed by atoms with Gasteiger partial charge in [-0.15, -0.1) is 11.8 Å². The average Bonchev–Trinajstić information content (AvgIpc) is 2.49. The summed E-state index contributed by atoms with van der Waals surface area (Å²) in [6.45, 7) is 15.7. The molecule has 0 aliphatic rings. The van der Waals surface area contributed by atoms with Gasteiger partial charge >= 0.3 is 0 Å². The zero-order chi connectivity index (χ0) is 16.8. The Labute approximate surface area is 135 Å². The van der Waals surface area contributed by atoms with E-state index < -0.39 is 0 Å². The third-order valence-corrected chi connectivity index (χ3v) is 2.63. The molecule has 2 heteroatoms. The van der Waals surface area contributed by atoms with Crippen molar-refractivity contribution >= 4 is 0 Å². The molecule has 0 fully saturated rings. The lowest BCUT2D eigenvalue weighted by Crippen LogP contribution is -2.11. The third-order valence-electron chi connectivity index (χ3n) is 2.63. The van der Waals surface area contributed by atoms with Crippen LogP contribution in [0.3, 0.4) is 0 Å². The second-order valence-corrected chi connectivity index (χ2v) is 4.72. The van der Waals surface area contributed by atoms with Gasteiger partial charge in [0, 0.05) is 19.6 Å². The van der Waals surface area contributed by atoms with Gasteiger partial charge in [-0.1, -0.05) is 52.9 Å². The van der Waals surface area contributed by atoms with Gasteiger partial charge in [0.25, 0.3) is 0 Å². The normalized spacial score (nSPS) is 8.95. The van der Waals surface area contributed by atoms with Crippen LogP contribution in [0.1, 0.15) is 93.4 Å². The van der Waals surface area contributed by atoms with Crippen molar-refractivity contribution in [1.82, 2.24) is 0 Å². The van der Waals surface area contributed by atoms with E-state index in [9.17, 15) is 0 Å². The molecule has 0 N–H and O–H groups in total. The highest BCUT2D eigenvalue weighted by Gasteiger charge is 1.94. The number of rotatable bonds is 9. The van der Waals surface area contributed by atoms with Crippen molar-refractivity contribution in [2.24, 2.45) is 0 Å². The van der Waals surface area contributed by atoms with Gasteiger partial charge in [0.05, 0.1) is 0 Å². The lowest BCUT2D eigenvalue weighted by Gasteiger charge is -2.09. The summed E-state index contributed by atoms with van der Waals surface area (Å²) < 4.78 is 10.1. The number of unbranched alkanes of at least 4 members (excludes halogenated alkanes) is 5. The van der Waals surface area contributed by atoms with Crippen LogP contribution in [0.4, 0.5) is 0 Å². The highest BCUT2D eigenvalue weighted by Crippen LogP contribution is 2.00. The minimum Gasteiger partial charge on any atom is -0.353 e. The van der Waals surface area contributed by atoms with Crippen molar-refractivity contribution in [1.29, 1.82) is 0 Å². The zero-order valence-corrected chi connectivity index (χ0v) is 15.8. The molecule has 0 saturated carbocycles. The van der Waals surface area contributed by atoms with Crippen molar-refractivity contribution in [2.75, 3.05) is 13.2 Å². The summed E-state index contributed by atoms with van der Waals surface area (Å²) in [5.74, 6) is 5.95. The SMILES string of the molecule is CC#CCCCCCC.CCCC.CCOC(C)OCC. The van der Waals surface area contributed by atoms with E-state index in [0.29, 0.717) is 0 Å². The standard InChI is InChI=1S/C9H16.C6H14O2.C4H10/c1-3-5-7-9-8-6-4-2;1-4-7-6(3)8-5-2;1-3-4-2/h3,5,7-9H2,1-2H3;6H,4-5H2,1-3H3;3-4H2,1-2H3. The largest absolute Gasteiger partial charge is 0.353 e. The quantitative estimate of drug-likeness (QED) is 0.287. The first-order valence-electron chi connectivity index (χ1n) is 8.77. The van der Waals surface area contributed by atoms with Crippen molar-refractivity contribution in [2.45, 2.75) is 99.7 Å². The first-order valence-corrected chi connectivity index (χ1v) is 8.77. The van der Waals surface area contributed by atoms with E-state index in [0.717, 1.165) is 19.6 Å². The van der Waals surface area contributed by atoms with E-state index in [4.69, 9.17) is 9.47 Å². The lowest BCUT2D eigenvalue weighted by atomic mass is 10.2. The van der Waals surface area contributed by atoms with Gasteiger partial charge < -0.3 is 9.47 Å². The molecule has 0 aromatic heterocycles. The summed E-state index contributed by atoms with van der Waals surface area (Å²) in [4.78, 5) is 0. The van der Waals surface area contributed by atoms with Crippen molar-refractivity contribution < 1.29 is 9.47 Å². The Morgan fingerprint density at radius 1 is 0.762 bits per heavy atom. The molecule has 0 spiro atoms. The van der Waals surface area contributed by atoms with Crippen LogP contribution < -0.4 is 0 Å². The summed E-state index contributed by atoms with van der Waals surface area (Å²) >= 11 is 0. The molecule has 0 atom stereocenters. The van der Waals surface area contributed by atoms with E-state index in [2.05, 4.69) is 32.6 Å². The molecule has 0 amide bonds. The van der Waals surface area contributed by atoms with Gasteiger partial charge in [-0.2, -0.15) is 0 Å². The summed E-state index contributed by atoms with van der Waals surface area (Å²) in [7, 11) is 0. The molecule has 0 radical (unpaired) electrons. The van der Waals surface area contributed by atoms with Crippen LogP contribution in [0.2, 0.25) is 0 Å². The van der Waals surface area contributed by atoms with Crippen molar-refractivity contribution in [3.8, 4) is 11.8 Å². The highest BCUT2D eigenvalue weighted by atomic mass is 16.7. The topological polar surface area (TPSA) is 18.5 Å². The molecule has 0 saturated heterocycles. The summed E-state index contributed by atoms with van der Waals surface area (Å²) in [6, 6.07) is 0. The fourth-order valence-corrected chi connectivity index (χ4v) is 1.28. The molecule has 0 aliphatic heterocycles. The smallest absolute Gasteiger partial charge is 0.154 e. The van der Waals surface area contributed by atoms with Crippen LogP contribution in [0.25, 0.3) is 0 Å². The molecule has 0 aliphatic carbocycles. The summed E-state index contributed by atoms with van der Waals surface area (Å²) in [5, 5.41) is 0. The summed E-state index contributed by atoms with van der Waals surface area (Å²) in [5.41, 5.74) is 0. The second-order valence-electron chi connectivity index (χ2n) is 4.72. The minimum atomic E-state index is -0.0370. The Morgan fingerprint density at radius 3 is 1.62 bits per heavy atom. The van der Waals surface area contributed by atoms with Gasteiger partial charge in [0.2, 0.25) is 0 Å². The molecule has 0 unspecified atom stereocenters. The maximum atomic E-state index is 5.06. The van der Waals surface area contributed by atoms with Gasteiger partial charge in [0.1, 0.15) is 0 Å². The van der Waals surface area contributed by atoms with Crippen LogP contribution in [-0.2, 0) is 9.47 Å². The van der Waals surface area contributed by atoms with Crippen molar-refractivity contribution in [3.05, 3.63) is 0 Å². The molecule has 21 heavy (non-hydrogen) atoms. The highest BCUT2D eigenvalue weighted by molar-refractivity contribution is 4.94. The predicted molar refractivity (Wildman–Crippen MR) is 95.5 cm³/mol. The fourth-order valence-electron chi connectivity index (χ4n) is 1.28. The maximum Gasteiger partial charge on any atom is 0.154 e. The molecule has 0 bridgehead atoms. The predicted octanol–water partition coefficient (Wildman–Crippen LogP) is 6.19. The second kappa shape index (κ2) is 27.8. The number of ether oxygens (including phenoxy) is 2. The molecule has 0 rings (SSSR count). The Balaban J connectivity index is -0.000000249. The monoisotopic (exact) mass is 300 g/mol. The van der Waals surface area contributed by atoms with E-state index >= 15 is 0 Å². The Morgan fingerprint density at radius 2 is 1.29 bits per heavy atom. The maximum absolute atomic E-state index is 5.06. The number of hydrogen-bond donors (Lipinski definition) is 0. The van der Waals surface area contributed by atoms with Crippen molar-refractivity contribution in [3.63, 3.8) is 0 Å². The van der Waals surface area contributed by atoms with Crippen LogP contribution in [0.5, 0.6) is 0 Å². The molecule has 128 valence electrons. The Kier molecular flexibility index (Phi) is 33.6. The molecular weight excluding hydrogens is 260 g/mol. The van der Waals surface area contributed by atoms with E-state index in [-0.39, 0.29) is 6.29 Å². The molecule has 0 aromatic carbocycles.